The number of nitrogens with one attached hydrogen (secondary N) is 1. The molecule has 1 aliphatic rings. The number of sulfonamides is 1. The summed E-state index contributed by atoms with van der Waals surface area (Å²) < 4.78 is 24.9. The molecule has 1 saturated heterocycles. The monoisotopic (exact) mass is 387 g/mol. The summed E-state index contributed by atoms with van der Waals surface area (Å²) in [5, 5.41) is 0. The van der Waals surface area contributed by atoms with Crippen molar-refractivity contribution in [3.63, 3.8) is 0 Å². The minimum absolute atomic E-state index is 0.0267. The van der Waals surface area contributed by atoms with Crippen LogP contribution < -0.4 is 9.62 Å². The van der Waals surface area contributed by atoms with Gasteiger partial charge in [0.2, 0.25) is 10.0 Å². The number of anilines is 2. The summed E-state index contributed by atoms with van der Waals surface area (Å²) in [6, 6.07) is 13.0. The molecule has 0 aromatic heterocycles. The Morgan fingerprint density at radius 3 is 2.15 bits per heavy atom. The Morgan fingerprint density at radius 1 is 0.963 bits per heavy atom. The van der Waals surface area contributed by atoms with E-state index in [1.54, 1.807) is 24.3 Å². The molecule has 0 aliphatic carbocycles. The van der Waals surface area contributed by atoms with E-state index in [2.05, 4.69) is 41.7 Å². The van der Waals surface area contributed by atoms with Crippen molar-refractivity contribution in [2.75, 3.05) is 42.1 Å². The molecule has 0 spiro atoms. The van der Waals surface area contributed by atoms with E-state index in [1.807, 2.05) is 4.90 Å². The molecule has 2 aromatic rings. The number of hydrogen-bond acceptors (Lipinski definition) is 4. The van der Waals surface area contributed by atoms with Gasteiger partial charge < -0.3 is 9.80 Å². The molecule has 1 N–H and O–H groups in total. The molecule has 0 bridgehead atoms. The predicted molar refractivity (Wildman–Crippen MR) is 109 cm³/mol. The van der Waals surface area contributed by atoms with Crippen molar-refractivity contribution in [3.05, 3.63) is 59.2 Å². The van der Waals surface area contributed by atoms with Crippen LogP contribution in [0.4, 0.5) is 11.4 Å². The second-order valence-electron chi connectivity index (χ2n) is 7.02. The number of hydrogen-bond donors (Lipinski definition) is 1. The van der Waals surface area contributed by atoms with E-state index in [0.717, 1.165) is 19.3 Å². The average molecular weight is 388 g/mol. The van der Waals surface area contributed by atoms with E-state index in [0.29, 0.717) is 24.3 Å². The fourth-order valence-corrected chi connectivity index (χ4v) is 3.95. The number of nitrogens with zero attached hydrogens (tertiary/aromatic N) is 2. The van der Waals surface area contributed by atoms with Crippen LogP contribution in [0.2, 0.25) is 0 Å². The minimum atomic E-state index is -3.32. The fourth-order valence-electron chi connectivity index (χ4n) is 3.39. The van der Waals surface area contributed by atoms with Gasteiger partial charge in [-0.1, -0.05) is 17.7 Å². The first-order chi connectivity index (χ1) is 12.7. The number of rotatable bonds is 4. The van der Waals surface area contributed by atoms with Crippen LogP contribution in [0.15, 0.2) is 42.5 Å². The summed E-state index contributed by atoms with van der Waals surface area (Å²) in [7, 11) is -3.32. The van der Waals surface area contributed by atoms with Crippen molar-refractivity contribution in [2.45, 2.75) is 13.8 Å². The molecule has 0 unspecified atom stereocenters. The number of piperazine rings is 1. The van der Waals surface area contributed by atoms with Crippen LogP contribution in [0.25, 0.3) is 0 Å². The SMILES string of the molecule is Cc1ccc(N2CCN(C(=O)c3ccc(NS(C)(=O)=O)cc3)CC2)c(C)c1. The zero-order valence-corrected chi connectivity index (χ0v) is 16.7. The first-order valence-electron chi connectivity index (χ1n) is 8.92. The molecule has 1 fully saturated rings. The van der Waals surface area contributed by atoms with Crippen molar-refractivity contribution < 1.29 is 13.2 Å². The van der Waals surface area contributed by atoms with E-state index in [-0.39, 0.29) is 5.91 Å². The van der Waals surface area contributed by atoms with Gasteiger partial charge in [-0.2, -0.15) is 0 Å². The highest BCUT2D eigenvalue weighted by atomic mass is 32.2. The maximum atomic E-state index is 12.7. The minimum Gasteiger partial charge on any atom is -0.368 e. The Hall–Kier alpha value is -2.54. The van der Waals surface area contributed by atoms with Gasteiger partial charge in [-0.3, -0.25) is 9.52 Å². The summed E-state index contributed by atoms with van der Waals surface area (Å²) in [4.78, 5) is 16.9. The van der Waals surface area contributed by atoms with Crippen LogP contribution in [0.3, 0.4) is 0 Å². The number of amides is 1. The summed E-state index contributed by atoms with van der Waals surface area (Å²) >= 11 is 0. The molecule has 0 saturated carbocycles. The number of benzene rings is 2. The Morgan fingerprint density at radius 2 is 1.59 bits per heavy atom. The standard InChI is InChI=1S/C20H25N3O3S/c1-15-4-9-19(16(2)14-15)22-10-12-23(13-11-22)20(24)17-5-7-18(8-6-17)21-27(3,25)26/h4-9,14,21H,10-13H2,1-3H3. The molecule has 0 radical (unpaired) electrons. The van der Waals surface area contributed by atoms with Crippen molar-refractivity contribution in [2.24, 2.45) is 0 Å². The molecule has 1 heterocycles. The number of carbonyl (C=O) groups is 1. The zero-order chi connectivity index (χ0) is 19.6. The van der Waals surface area contributed by atoms with Gasteiger partial charge in [-0.15, -0.1) is 0 Å². The Kier molecular flexibility index (Phi) is 5.41. The molecule has 3 rings (SSSR count). The maximum absolute atomic E-state index is 12.7. The van der Waals surface area contributed by atoms with Gasteiger partial charge in [0.05, 0.1) is 6.26 Å². The predicted octanol–water partition coefficient (Wildman–Crippen LogP) is 2.64. The molecule has 0 atom stereocenters. The molecule has 1 amide bonds. The van der Waals surface area contributed by atoms with Crippen molar-refractivity contribution >= 4 is 27.3 Å². The Labute approximate surface area is 160 Å². The number of carbonyl (C=O) groups excluding carboxylic acids is 1. The van der Waals surface area contributed by atoms with Crippen molar-refractivity contribution in [3.8, 4) is 0 Å². The van der Waals surface area contributed by atoms with E-state index in [1.165, 1.54) is 16.8 Å². The third-order valence-corrected chi connectivity index (χ3v) is 5.30. The molecule has 1 aliphatic heterocycles. The highest BCUT2D eigenvalue weighted by Gasteiger charge is 2.23. The number of aryl methyl sites for hydroxylation is 2. The van der Waals surface area contributed by atoms with Gasteiger partial charge >= 0.3 is 0 Å². The van der Waals surface area contributed by atoms with E-state index < -0.39 is 10.0 Å². The van der Waals surface area contributed by atoms with Gasteiger partial charge in [0.15, 0.2) is 0 Å². The first-order valence-corrected chi connectivity index (χ1v) is 10.8. The third-order valence-electron chi connectivity index (χ3n) is 4.69. The molecule has 7 heteroatoms. The lowest BCUT2D eigenvalue weighted by atomic mass is 10.1. The summed E-state index contributed by atoms with van der Waals surface area (Å²) in [6.07, 6.45) is 1.10. The smallest absolute Gasteiger partial charge is 0.253 e. The zero-order valence-electron chi connectivity index (χ0n) is 15.9. The summed E-state index contributed by atoms with van der Waals surface area (Å²) in [5.41, 5.74) is 4.74. The van der Waals surface area contributed by atoms with Crippen molar-refractivity contribution in [1.29, 1.82) is 0 Å². The quantitative estimate of drug-likeness (QED) is 0.876. The van der Waals surface area contributed by atoms with E-state index in [9.17, 15) is 13.2 Å². The third kappa shape index (κ3) is 4.80. The molecule has 2 aromatic carbocycles. The lowest BCUT2D eigenvalue weighted by molar-refractivity contribution is 0.0747. The second-order valence-corrected chi connectivity index (χ2v) is 8.77. The topological polar surface area (TPSA) is 69.7 Å². The summed E-state index contributed by atoms with van der Waals surface area (Å²) in [6.45, 7) is 7.12. The maximum Gasteiger partial charge on any atom is 0.253 e. The first kappa shape index (κ1) is 19.2. The van der Waals surface area contributed by atoms with Crippen LogP contribution in [-0.2, 0) is 10.0 Å². The largest absolute Gasteiger partial charge is 0.368 e. The average Bonchev–Trinajstić information content (AvgIpc) is 2.61. The molecule has 27 heavy (non-hydrogen) atoms. The molecular weight excluding hydrogens is 362 g/mol. The Bertz CT molecular complexity index is 931. The molecule has 6 nitrogen and oxygen atoms in total. The Balaban J connectivity index is 1.63. The highest BCUT2D eigenvalue weighted by Crippen LogP contribution is 2.23. The second kappa shape index (κ2) is 7.60. The van der Waals surface area contributed by atoms with Crippen molar-refractivity contribution in [1.82, 2.24) is 4.90 Å². The fraction of sp³-hybridized carbons (Fsp3) is 0.350. The van der Waals surface area contributed by atoms with Crippen LogP contribution >= 0.6 is 0 Å². The summed E-state index contributed by atoms with van der Waals surface area (Å²) in [5.74, 6) is -0.0267. The van der Waals surface area contributed by atoms with Crippen LogP contribution in [-0.4, -0.2) is 51.7 Å². The van der Waals surface area contributed by atoms with Crippen LogP contribution in [0.5, 0.6) is 0 Å². The lowest BCUT2D eigenvalue weighted by Crippen LogP contribution is -2.49. The molecule has 144 valence electrons. The normalized spacial score (nSPS) is 14.9. The van der Waals surface area contributed by atoms with Gasteiger partial charge in [0.1, 0.15) is 0 Å². The lowest BCUT2D eigenvalue weighted by Gasteiger charge is -2.37. The van der Waals surface area contributed by atoms with E-state index in [4.69, 9.17) is 0 Å². The van der Waals surface area contributed by atoms with Gasteiger partial charge in [-0.05, 0) is 49.7 Å². The van der Waals surface area contributed by atoms with Gasteiger partial charge in [-0.25, -0.2) is 8.42 Å². The van der Waals surface area contributed by atoms with Crippen LogP contribution in [0, 0.1) is 13.8 Å². The highest BCUT2D eigenvalue weighted by molar-refractivity contribution is 7.92. The van der Waals surface area contributed by atoms with Crippen LogP contribution in [0.1, 0.15) is 21.5 Å². The molecular formula is C20H25N3O3S. The van der Waals surface area contributed by atoms with Gasteiger partial charge in [0, 0.05) is 43.1 Å². The van der Waals surface area contributed by atoms with Gasteiger partial charge in [0.25, 0.3) is 5.91 Å². The van der Waals surface area contributed by atoms with E-state index >= 15 is 0 Å².